The summed E-state index contributed by atoms with van der Waals surface area (Å²) in [7, 11) is 0. The average molecular weight is 291 g/mol. The fraction of sp³-hybridized carbons (Fsp3) is 0. The van der Waals surface area contributed by atoms with E-state index in [0.29, 0.717) is 10.7 Å². The first-order valence-electron chi connectivity index (χ1n) is 5.67. The van der Waals surface area contributed by atoms with Gasteiger partial charge in [0.2, 0.25) is 0 Å². The van der Waals surface area contributed by atoms with Crippen molar-refractivity contribution in [3.05, 3.63) is 58.6 Å². The smallest absolute Gasteiger partial charge is 0.335 e. The van der Waals surface area contributed by atoms with Crippen LogP contribution in [-0.2, 0) is 0 Å². The van der Waals surface area contributed by atoms with Gasteiger partial charge in [-0.15, -0.1) is 0 Å². The summed E-state index contributed by atoms with van der Waals surface area (Å²) in [6, 6.07) is 10.6. The molecule has 1 amide bonds. The van der Waals surface area contributed by atoms with E-state index in [1.54, 1.807) is 18.2 Å². The van der Waals surface area contributed by atoms with Crippen molar-refractivity contribution in [3.8, 4) is 0 Å². The number of nitrogens with two attached hydrogens (primary N) is 1. The summed E-state index contributed by atoms with van der Waals surface area (Å²) in [6.07, 6.45) is 0. The lowest BCUT2D eigenvalue weighted by molar-refractivity contribution is 0.0696. The zero-order chi connectivity index (χ0) is 14.7. The molecule has 20 heavy (non-hydrogen) atoms. The molecule has 0 saturated carbocycles. The molecule has 0 saturated heterocycles. The molecule has 5 nitrogen and oxygen atoms in total. The molecule has 2 rings (SSSR count). The Morgan fingerprint density at radius 2 is 1.75 bits per heavy atom. The summed E-state index contributed by atoms with van der Waals surface area (Å²) in [6.45, 7) is 0. The molecule has 0 aliphatic carbocycles. The van der Waals surface area contributed by atoms with E-state index in [4.69, 9.17) is 22.4 Å². The highest BCUT2D eigenvalue weighted by molar-refractivity contribution is 6.34. The van der Waals surface area contributed by atoms with Crippen LogP contribution >= 0.6 is 11.6 Å². The van der Waals surface area contributed by atoms with Crippen LogP contribution in [0.2, 0.25) is 5.02 Å². The highest BCUT2D eigenvalue weighted by Crippen LogP contribution is 2.23. The van der Waals surface area contributed by atoms with Crippen molar-refractivity contribution in [2.45, 2.75) is 0 Å². The minimum atomic E-state index is -1.03. The van der Waals surface area contributed by atoms with E-state index >= 15 is 0 Å². The lowest BCUT2D eigenvalue weighted by Crippen LogP contribution is -2.14. The van der Waals surface area contributed by atoms with Gasteiger partial charge < -0.3 is 16.2 Å². The molecule has 0 aliphatic heterocycles. The molecule has 4 N–H and O–H groups in total. The van der Waals surface area contributed by atoms with Crippen LogP contribution in [0, 0.1) is 0 Å². The maximum atomic E-state index is 12.0. The Morgan fingerprint density at radius 1 is 1.10 bits per heavy atom. The molecule has 0 aliphatic rings. The van der Waals surface area contributed by atoms with Crippen molar-refractivity contribution in [2.75, 3.05) is 11.1 Å². The molecule has 0 heterocycles. The number of nitrogen functional groups attached to an aromatic ring is 1. The van der Waals surface area contributed by atoms with Gasteiger partial charge in [-0.2, -0.15) is 0 Å². The number of anilines is 2. The molecular weight excluding hydrogens is 280 g/mol. The van der Waals surface area contributed by atoms with Crippen LogP contribution in [-0.4, -0.2) is 17.0 Å². The number of aromatic carboxylic acids is 1. The normalized spacial score (nSPS) is 10.1. The largest absolute Gasteiger partial charge is 0.478 e. The van der Waals surface area contributed by atoms with Crippen molar-refractivity contribution >= 4 is 34.9 Å². The van der Waals surface area contributed by atoms with Crippen molar-refractivity contribution < 1.29 is 14.7 Å². The second-order valence-corrected chi connectivity index (χ2v) is 4.44. The summed E-state index contributed by atoms with van der Waals surface area (Å²) >= 11 is 5.85. The standard InChI is InChI=1S/C14H11ClN2O3/c15-11-3-1-2-10(12(11)16)13(18)17-9-6-4-8(5-7-9)14(19)20/h1-7H,16H2,(H,17,18)(H,19,20). The van der Waals surface area contributed by atoms with Crippen LogP contribution in [0.15, 0.2) is 42.5 Å². The number of benzene rings is 2. The third-order valence-corrected chi connectivity index (χ3v) is 3.02. The van der Waals surface area contributed by atoms with E-state index < -0.39 is 11.9 Å². The van der Waals surface area contributed by atoms with Crippen LogP contribution in [0.3, 0.4) is 0 Å². The first-order valence-corrected chi connectivity index (χ1v) is 6.05. The van der Waals surface area contributed by atoms with Gasteiger partial charge in [0.15, 0.2) is 0 Å². The number of amides is 1. The van der Waals surface area contributed by atoms with Gasteiger partial charge in [-0.05, 0) is 36.4 Å². The van der Waals surface area contributed by atoms with Crippen LogP contribution in [0.25, 0.3) is 0 Å². The van der Waals surface area contributed by atoms with Gasteiger partial charge >= 0.3 is 5.97 Å². The Hall–Kier alpha value is -2.53. The van der Waals surface area contributed by atoms with E-state index in [1.807, 2.05) is 0 Å². The second-order valence-electron chi connectivity index (χ2n) is 4.04. The van der Waals surface area contributed by atoms with E-state index in [0.717, 1.165) is 0 Å². The van der Waals surface area contributed by atoms with Crippen LogP contribution in [0.4, 0.5) is 11.4 Å². The van der Waals surface area contributed by atoms with Gasteiger partial charge in [0.05, 0.1) is 21.8 Å². The quantitative estimate of drug-likeness (QED) is 0.758. The monoisotopic (exact) mass is 290 g/mol. The van der Waals surface area contributed by atoms with Crippen LogP contribution in [0.5, 0.6) is 0 Å². The Kier molecular flexibility index (Phi) is 3.91. The average Bonchev–Trinajstić information content (AvgIpc) is 2.42. The molecule has 0 radical (unpaired) electrons. The number of carbonyl (C=O) groups excluding carboxylic acids is 1. The van der Waals surface area contributed by atoms with Gasteiger partial charge in [-0.25, -0.2) is 4.79 Å². The number of carboxylic acids is 1. The molecule has 0 bridgehead atoms. The number of carbonyl (C=O) groups is 2. The zero-order valence-corrected chi connectivity index (χ0v) is 11.0. The Labute approximate surface area is 120 Å². The zero-order valence-electron chi connectivity index (χ0n) is 10.3. The van der Waals surface area contributed by atoms with E-state index in [2.05, 4.69) is 5.32 Å². The molecule has 102 valence electrons. The summed E-state index contributed by atoms with van der Waals surface area (Å²) in [4.78, 5) is 22.8. The number of rotatable bonds is 3. The van der Waals surface area contributed by atoms with Crippen molar-refractivity contribution in [3.63, 3.8) is 0 Å². The maximum Gasteiger partial charge on any atom is 0.335 e. The van der Waals surface area contributed by atoms with Gasteiger partial charge in [-0.3, -0.25) is 4.79 Å². The Morgan fingerprint density at radius 3 is 2.35 bits per heavy atom. The third kappa shape index (κ3) is 2.89. The van der Waals surface area contributed by atoms with Gasteiger partial charge in [0.25, 0.3) is 5.91 Å². The highest BCUT2D eigenvalue weighted by atomic mass is 35.5. The highest BCUT2D eigenvalue weighted by Gasteiger charge is 2.12. The molecule has 0 unspecified atom stereocenters. The fourth-order valence-electron chi connectivity index (χ4n) is 1.63. The number of carboxylic acid groups (broad SMARTS) is 1. The van der Waals surface area contributed by atoms with Crippen molar-refractivity contribution in [2.24, 2.45) is 0 Å². The molecule has 2 aromatic carbocycles. The summed E-state index contributed by atoms with van der Waals surface area (Å²) in [5.74, 6) is -1.44. The Bertz CT molecular complexity index is 669. The SMILES string of the molecule is Nc1c(Cl)cccc1C(=O)Nc1ccc(C(=O)O)cc1. The molecular formula is C14H11ClN2O3. The fourth-order valence-corrected chi connectivity index (χ4v) is 1.80. The molecule has 2 aromatic rings. The number of hydrogen-bond acceptors (Lipinski definition) is 3. The first kappa shape index (κ1) is 13.9. The van der Waals surface area contributed by atoms with E-state index in [9.17, 15) is 9.59 Å². The van der Waals surface area contributed by atoms with Crippen LogP contribution < -0.4 is 11.1 Å². The molecule has 0 atom stereocenters. The molecule has 0 fully saturated rings. The molecule has 6 heteroatoms. The molecule has 0 spiro atoms. The van der Waals surface area contributed by atoms with Crippen LogP contribution in [0.1, 0.15) is 20.7 Å². The predicted octanol–water partition coefficient (Wildman–Crippen LogP) is 2.87. The van der Waals surface area contributed by atoms with E-state index in [1.165, 1.54) is 24.3 Å². The van der Waals surface area contributed by atoms with Crippen molar-refractivity contribution in [1.82, 2.24) is 0 Å². The summed E-state index contributed by atoms with van der Waals surface area (Å²) < 4.78 is 0. The van der Waals surface area contributed by atoms with E-state index in [-0.39, 0.29) is 16.8 Å². The lowest BCUT2D eigenvalue weighted by Gasteiger charge is -2.08. The topological polar surface area (TPSA) is 92.4 Å². The third-order valence-electron chi connectivity index (χ3n) is 2.69. The predicted molar refractivity (Wildman–Crippen MR) is 77.2 cm³/mol. The second kappa shape index (κ2) is 5.63. The van der Waals surface area contributed by atoms with Gasteiger partial charge in [0, 0.05) is 5.69 Å². The maximum absolute atomic E-state index is 12.0. The number of hydrogen-bond donors (Lipinski definition) is 3. The van der Waals surface area contributed by atoms with Gasteiger partial charge in [0.1, 0.15) is 0 Å². The number of nitrogens with one attached hydrogen (secondary N) is 1. The first-order chi connectivity index (χ1) is 9.49. The number of halogens is 1. The van der Waals surface area contributed by atoms with Gasteiger partial charge in [-0.1, -0.05) is 17.7 Å². The molecule has 0 aromatic heterocycles. The lowest BCUT2D eigenvalue weighted by atomic mass is 10.1. The summed E-state index contributed by atoms with van der Waals surface area (Å²) in [5.41, 5.74) is 6.81. The summed E-state index contributed by atoms with van der Waals surface area (Å²) in [5, 5.41) is 11.7. The Balaban J connectivity index is 2.19. The van der Waals surface area contributed by atoms with Crippen molar-refractivity contribution in [1.29, 1.82) is 0 Å². The minimum Gasteiger partial charge on any atom is -0.478 e. The minimum absolute atomic E-state index is 0.144. The number of para-hydroxylation sites is 1.